The van der Waals surface area contributed by atoms with Crippen molar-refractivity contribution in [2.24, 2.45) is 0 Å². The Morgan fingerprint density at radius 3 is 1.82 bits per heavy atom. The molecular weight excluding hydrogens is 787 g/mol. The molecule has 13 rings (SSSR count). The zero-order valence-electron chi connectivity index (χ0n) is 33.6. The van der Waals surface area contributed by atoms with Crippen LogP contribution in [0.15, 0.2) is 239 Å². The van der Waals surface area contributed by atoms with Crippen LogP contribution in [0.2, 0.25) is 0 Å². The first-order valence-corrected chi connectivity index (χ1v) is 24.1. The van der Waals surface area contributed by atoms with Gasteiger partial charge in [0.05, 0.1) is 11.0 Å². The zero-order chi connectivity index (χ0) is 40.8. The molecule has 1 unspecified atom stereocenters. The molecule has 1 atom stereocenters. The Morgan fingerprint density at radius 2 is 1.00 bits per heavy atom. The average molecular weight is 824 g/mol. The first-order valence-electron chi connectivity index (χ1n) is 21.2. The molecule has 0 N–H and O–H groups in total. The number of rotatable bonds is 5. The summed E-state index contributed by atoms with van der Waals surface area (Å²) in [6, 6.07) is 83.4. The monoisotopic (exact) mass is 823 g/mol. The van der Waals surface area contributed by atoms with E-state index in [-0.39, 0.29) is 0 Å². The van der Waals surface area contributed by atoms with Gasteiger partial charge in [0.2, 0.25) is 0 Å². The van der Waals surface area contributed by atoms with E-state index in [9.17, 15) is 0 Å². The van der Waals surface area contributed by atoms with Gasteiger partial charge in [0.1, 0.15) is 11.2 Å². The molecule has 0 saturated carbocycles. The van der Waals surface area contributed by atoms with Gasteiger partial charge in [-0.25, -0.2) is 0 Å². The second-order valence-electron chi connectivity index (χ2n) is 16.4. The highest BCUT2D eigenvalue weighted by molar-refractivity contribution is 8.00. The van der Waals surface area contributed by atoms with Crippen LogP contribution in [0.5, 0.6) is 0 Å². The maximum Gasteiger partial charge on any atom is 0.181 e. The van der Waals surface area contributed by atoms with E-state index in [2.05, 4.69) is 223 Å². The van der Waals surface area contributed by atoms with Crippen LogP contribution in [0.3, 0.4) is 0 Å². The minimum Gasteiger partial charge on any atom is -0.456 e. The highest BCUT2D eigenvalue weighted by Gasteiger charge is 2.47. The standard InChI is InChI=1S/C58H37NOSSi/c1-2-13-38(14-3-1)39-26-31-44(32-27-39)62(45-33-28-40-35-43(30-25-41(40)36-45)59-50-19-7-4-15-47(50)48-16-5-8-20-51(48)59)56-24-11-10-23-54(56)61-55-37-42(29-34-57(55)62)46-18-12-22-53-58(46)49-17-6-9-21-52(49)60-53/h1-37H. The number of aromatic nitrogens is 1. The van der Waals surface area contributed by atoms with Crippen molar-refractivity contribution in [1.29, 1.82) is 0 Å². The van der Waals surface area contributed by atoms with Crippen LogP contribution < -0.4 is 20.7 Å². The second kappa shape index (κ2) is 13.8. The van der Waals surface area contributed by atoms with Gasteiger partial charge in [0.25, 0.3) is 0 Å². The van der Waals surface area contributed by atoms with Crippen molar-refractivity contribution in [2.75, 3.05) is 0 Å². The average Bonchev–Trinajstić information content (AvgIpc) is 3.89. The smallest absolute Gasteiger partial charge is 0.181 e. The summed E-state index contributed by atoms with van der Waals surface area (Å²) in [5, 5.41) is 12.9. The summed E-state index contributed by atoms with van der Waals surface area (Å²) in [5.41, 5.74) is 10.3. The first-order chi connectivity index (χ1) is 30.7. The number of furan rings is 1. The molecule has 12 aromatic rings. The third-order valence-corrected chi connectivity index (χ3v) is 19.5. The van der Waals surface area contributed by atoms with E-state index >= 15 is 0 Å². The second-order valence-corrected chi connectivity index (χ2v) is 21.2. The Morgan fingerprint density at radius 1 is 0.387 bits per heavy atom. The van der Waals surface area contributed by atoms with E-state index in [0.29, 0.717) is 0 Å². The number of benzene rings is 10. The Bertz CT molecular complexity index is 3680. The Hall–Kier alpha value is -7.37. The molecule has 2 nitrogen and oxygen atoms in total. The van der Waals surface area contributed by atoms with Gasteiger partial charge in [-0.15, -0.1) is 0 Å². The van der Waals surface area contributed by atoms with Gasteiger partial charge < -0.3 is 8.98 Å². The van der Waals surface area contributed by atoms with Crippen molar-refractivity contribution in [3.63, 3.8) is 0 Å². The van der Waals surface area contributed by atoms with Crippen molar-refractivity contribution >= 4 is 95.1 Å². The number of hydrogen-bond acceptors (Lipinski definition) is 2. The normalized spacial score (nSPS) is 14.8. The minimum absolute atomic E-state index is 0.916. The summed E-state index contributed by atoms with van der Waals surface area (Å²) in [7, 11) is -2.91. The van der Waals surface area contributed by atoms with E-state index in [1.807, 2.05) is 17.8 Å². The van der Waals surface area contributed by atoms with Crippen molar-refractivity contribution in [1.82, 2.24) is 4.57 Å². The summed E-state index contributed by atoms with van der Waals surface area (Å²) in [5.74, 6) is 0. The van der Waals surface area contributed by atoms with Crippen LogP contribution in [-0.4, -0.2) is 12.6 Å². The van der Waals surface area contributed by atoms with Gasteiger partial charge in [-0.1, -0.05) is 188 Å². The number of hydrogen-bond donors (Lipinski definition) is 0. The predicted molar refractivity (Wildman–Crippen MR) is 264 cm³/mol. The fourth-order valence-electron chi connectivity index (χ4n) is 10.4. The molecule has 62 heavy (non-hydrogen) atoms. The van der Waals surface area contributed by atoms with Gasteiger partial charge in [-0.2, -0.15) is 0 Å². The van der Waals surface area contributed by atoms with Crippen LogP contribution in [0.1, 0.15) is 0 Å². The number of para-hydroxylation sites is 3. The highest BCUT2D eigenvalue weighted by Crippen LogP contribution is 2.41. The van der Waals surface area contributed by atoms with E-state index < -0.39 is 8.07 Å². The molecule has 0 radical (unpaired) electrons. The van der Waals surface area contributed by atoms with Crippen molar-refractivity contribution in [2.45, 2.75) is 9.79 Å². The molecule has 10 aromatic carbocycles. The van der Waals surface area contributed by atoms with Crippen LogP contribution in [-0.2, 0) is 0 Å². The van der Waals surface area contributed by atoms with E-state index in [0.717, 1.165) is 16.6 Å². The van der Waals surface area contributed by atoms with Crippen LogP contribution in [0, 0.1) is 0 Å². The predicted octanol–water partition coefficient (Wildman–Crippen LogP) is 13.0. The third kappa shape index (κ3) is 5.24. The van der Waals surface area contributed by atoms with Crippen LogP contribution in [0.4, 0.5) is 0 Å². The molecule has 0 fully saturated rings. The lowest BCUT2D eigenvalue weighted by Crippen LogP contribution is -2.76. The van der Waals surface area contributed by atoms with Crippen molar-refractivity contribution in [3.05, 3.63) is 224 Å². The Balaban J connectivity index is 1.04. The van der Waals surface area contributed by atoms with Crippen LogP contribution >= 0.6 is 11.8 Å². The van der Waals surface area contributed by atoms with Crippen LogP contribution in [0.25, 0.3) is 82.5 Å². The molecular formula is C58H37NOSSi. The quantitative estimate of drug-likeness (QED) is 0.161. The molecule has 3 heterocycles. The largest absolute Gasteiger partial charge is 0.456 e. The minimum atomic E-state index is -2.91. The SMILES string of the molecule is c1ccc(-c2ccc([Si]3(c4ccc5cc(-n6c7ccccc7c7ccccc76)ccc5c4)c4ccccc4Sc4cc(-c5cccc6oc7ccccc7c56)ccc43)cc2)cc1. The van der Waals surface area contributed by atoms with E-state index in [1.54, 1.807) is 0 Å². The van der Waals surface area contributed by atoms with Crippen molar-refractivity contribution in [3.8, 4) is 27.9 Å². The maximum absolute atomic E-state index is 6.37. The molecule has 0 aliphatic carbocycles. The Labute approximate surface area is 364 Å². The highest BCUT2D eigenvalue weighted by atomic mass is 32.2. The van der Waals surface area contributed by atoms with Crippen molar-refractivity contribution < 1.29 is 4.42 Å². The number of fused-ring (bicyclic) bond motifs is 9. The van der Waals surface area contributed by atoms with Gasteiger partial charge in [0, 0.05) is 37.0 Å². The molecule has 1 aliphatic heterocycles. The topological polar surface area (TPSA) is 18.1 Å². The summed E-state index contributed by atoms with van der Waals surface area (Å²) in [4.78, 5) is 2.64. The fourth-order valence-corrected chi connectivity index (χ4v) is 17.3. The summed E-state index contributed by atoms with van der Waals surface area (Å²) in [6.07, 6.45) is 0. The summed E-state index contributed by atoms with van der Waals surface area (Å²) >= 11 is 1.91. The zero-order valence-corrected chi connectivity index (χ0v) is 35.4. The lowest BCUT2D eigenvalue weighted by atomic mass is 9.99. The molecule has 4 heteroatoms. The molecule has 0 saturated heterocycles. The molecule has 0 amide bonds. The lowest BCUT2D eigenvalue weighted by Gasteiger charge is -2.40. The molecule has 290 valence electrons. The Kier molecular flexibility index (Phi) is 7.89. The molecule has 2 aromatic heterocycles. The maximum atomic E-state index is 6.37. The summed E-state index contributed by atoms with van der Waals surface area (Å²) in [6.45, 7) is 0. The van der Waals surface area contributed by atoms with E-state index in [4.69, 9.17) is 4.42 Å². The summed E-state index contributed by atoms with van der Waals surface area (Å²) < 4.78 is 8.78. The fraction of sp³-hybridized carbons (Fsp3) is 0. The molecule has 1 aliphatic rings. The van der Waals surface area contributed by atoms with Gasteiger partial charge >= 0.3 is 0 Å². The molecule has 0 bridgehead atoms. The van der Waals surface area contributed by atoms with Gasteiger partial charge in [-0.05, 0) is 102 Å². The molecule has 0 spiro atoms. The third-order valence-electron chi connectivity index (χ3n) is 13.1. The number of nitrogens with zero attached hydrogens (tertiary/aromatic N) is 1. The van der Waals surface area contributed by atoms with Gasteiger partial charge in [-0.3, -0.25) is 0 Å². The first kappa shape index (κ1) is 35.4. The van der Waals surface area contributed by atoms with E-state index in [1.165, 1.54) is 96.4 Å². The lowest BCUT2D eigenvalue weighted by molar-refractivity contribution is 0.669. The van der Waals surface area contributed by atoms with Gasteiger partial charge in [0.15, 0.2) is 8.07 Å².